The van der Waals surface area contributed by atoms with Crippen LogP contribution in [0.1, 0.15) is 51.1 Å². The molecule has 1 heterocycles. The minimum Gasteiger partial charge on any atom is -0.362 e. The van der Waals surface area contributed by atoms with Crippen molar-refractivity contribution in [3.63, 3.8) is 0 Å². The summed E-state index contributed by atoms with van der Waals surface area (Å²) in [6, 6.07) is 4.18. The molecule has 0 aliphatic heterocycles. The second-order valence-electron chi connectivity index (χ2n) is 5.86. The predicted octanol–water partition coefficient (Wildman–Crippen LogP) is 2.54. The minimum atomic E-state index is -0.0156. The largest absolute Gasteiger partial charge is 0.362 e. The van der Waals surface area contributed by atoms with E-state index in [1.807, 2.05) is 7.05 Å². The van der Waals surface area contributed by atoms with E-state index < -0.39 is 0 Å². The molecule has 1 saturated carbocycles. The van der Waals surface area contributed by atoms with E-state index in [1.165, 1.54) is 25.7 Å². The molecular weight excluding hydrogens is 224 g/mol. The maximum atomic E-state index is 4.37. The average molecular weight is 248 g/mol. The first-order valence-electron chi connectivity index (χ1n) is 6.87. The van der Waals surface area contributed by atoms with E-state index in [0.29, 0.717) is 5.92 Å². The van der Waals surface area contributed by atoms with Gasteiger partial charge in [-0.1, -0.05) is 12.8 Å². The quantitative estimate of drug-likeness (QED) is 0.841. The SMILES string of the molecule is CNCC(C)(C)Nc1ccc(C2CCCC2)nn1. The van der Waals surface area contributed by atoms with Gasteiger partial charge in [-0.2, -0.15) is 5.10 Å². The van der Waals surface area contributed by atoms with Crippen molar-refractivity contribution in [1.29, 1.82) is 0 Å². The zero-order chi connectivity index (χ0) is 13.0. The number of nitrogens with zero attached hydrogens (tertiary/aromatic N) is 2. The third-order valence-corrected chi connectivity index (χ3v) is 3.54. The number of hydrogen-bond acceptors (Lipinski definition) is 4. The standard InChI is InChI=1S/C14H24N4/c1-14(2,10-15-3)16-13-9-8-12(17-18-13)11-6-4-5-7-11/h8-9,11,15H,4-7,10H2,1-3H3,(H,16,18). The topological polar surface area (TPSA) is 49.8 Å². The minimum absolute atomic E-state index is 0.0156. The summed E-state index contributed by atoms with van der Waals surface area (Å²) in [5.41, 5.74) is 1.14. The molecule has 1 aromatic heterocycles. The van der Waals surface area contributed by atoms with Gasteiger partial charge in [0.2, 0.25) is 0 Å². The normalized spacial score (nSPS) is 17.1. The number of likely N-dealkylation sites (N-methyl/N-ethyl adjacent to an activating group) is 1. The Hall–Kier alpha value is -1.16. The zero-order valence-corrected chi connectivity index (χ0v) is 11.7. The number of nitrogens with one attached hydrogen (secondary N) is 2. The molecule has 4 nitrogen and oxygen atoms in total. The van der Waals surface area contributed by atoms with E-state index in [9.17, 15) is 0 Å². The molecule has 18 heavy (non-hydrogen) atoms. The van der Waals surface area contributed by atoms with Crippen LogP contribution in [0.15, 0.2) is 12.1 Å². The van der Waals surface area contributed by atoms with Gasteiger partial charge in [-0.3, -0.25) is 0 Å². The van der Waals surface area contributed by atoms with Gasteiger partial charge >= 0.3 is 0 Å². The van der Waals surface area contributed by atoms with E-state index in [2.05, 4.69) is 46.8 Å². The van der Waals surface area contributed by atoms with Crippen LogP contribution in [0.4, 0.5) is 5.82 Å². The van der Waals surface area contributed by atoms with Gasteiger partial charge in [0.25, 0.3) is 0 Å². The zero-order valence-electron chi connectivity index (χ0n) is 11.7. The van der Waals surface area contributed by atoms with Crippen molar-refractivity contribution in [3.8, 4) is 0 Å². The van der Waals surface area contributed by atoms with Gasteiger partial charge in [0.15, 0.2) is 0 Å². The first-order valence-corrected chi connectivity index (χ1v) is 6.87. The summed E-state index contributed by atoms with van der Waals surface area (Å²) in [6.45, 7) is 5.19. The van der Waals surface area contributed by atoms with Crippen molar-refractivity contribution in [2.45, 2.75) is 51.0 Å². The maximum Gasteiger partial charge on any atom is 0.149 e. The molecule has 1 aromatic rings. The molecule has 0 amide bonds. The van der Waals surface area contributed by atoms with Gasteiger partial charge in [0, 0.05) is 18.0 Å². The van der Waals surface area contributed by atoms with Crippen LogP contribution in [0.2, 0.25) is 0 Å². The Morgan fingerprint density at radius 3 is 2.50 bits per heavy atom. The molecule has 0 bridgehead atoms. The lowest BCUT2D eigenvalue weighted by atomic mass is 10.0. The van der Waals surface area contributed by atoms with Gasteiger partial charge in [0.05, 0.1) is 5.69 Å². The summed E-state index contributed by atoms with van der Waals surface area (Å²) >= 11 is 0. The smallest absolute Gasteiger partial charge is 0.149 e. The molecule has 0 spiro atoms. The summed E-state index contributed by atoms with van der Waals surface area (Å²) in [4.78, 5) is 0. The van der Waals surface area contributed by atoms with Gasteiger partial charge in [0.1, 0.15) is 5.82 Å². The van der Waals surface area contributed by atoms with Gasteiger partial charge in [-0.05, 0) is 45.9 Å². The Kier molecular flexibility index (Phi) is 4.17. The highest BCUT2D eigenvalue weighted by atomic mass is 15.2. The lowest BCUT2D eigenvalue weighted by molar-refractivity contribution is 0.527. The molecule has 100 valence electrons. The fraction of sp³-hybridized carbons (Fsp3) is 0.714. The van der Waals surface area contributed by atoms with Crippen molar-refractivity contribution >= 4 is 5.82 Å². The van der Waals surface area contributed by atoms with Crippen LogP contribution >= 0.6 is 0 Å². The van der Waals surface area contributed by atoms with Gasteiger partial charge < -0.3 is 10.6 Å². The highest BCUT2D eigenvalue weighted by Gasteiger charge is 2.20. The van der Waals surface area contributed by atoms with E-state index >= 15 is 0 Å². The highest BCUT2D eigenvalue weighted by Crippen LogP contribution is 2.32. The van der Waals surface area contributed by atoms with Crippen molar-refractivity contribution in [2.24, 2.45) is 0 Å². The number of hydrogen-bond donors (Lipinski definition) is 2. The van der Waals surface area contributed by atoms with E-state index in [0.717, 1.165) is 18.1 Å². The molecule has 1 aliphatic carbocycles. The summed E-state index contributed by atoms with van der Waals surface area (Å²) in [7, 11) is 1.96. The first-order chi connectivity index (χ1) is 8.61. The summed E-state index contributed by atoms with van der Waals surface area (Å²) in [5, 5.41) is 15.2. The average Bonchev–Trinajstić information content (AvgIpc) is 2.82. The van der Waals surface area contributed by atoms with Crippen LogP contribution in [-0.4, -0.2) is 29.3 Å². The Balaban J connectivity index is 1.99. The van der Waals surface area contributed by atoms with E-state index in [1.54, 1.807) is 0 Å². The van der Waals surface area contributed by atoms with Gasteiger partial charge in [-0.15, -0.1) is 5.10 Å². The van der Waals surface area contributed by atoms with Crippen molar-refractivity contribution in [2.75, 3.05) is 18.9 Å². The summed E-state index contributed by atoms with van der Waals surface area (Å²) in [6.07, 6.45) is 5.21. The Morgan fingerprint density at radius 1 is 1.22 bits per heavy atom. The molecular formula is C14H24N4. The fourth-order valence-electron chi connectivity index (χ4n) is 2.68. The second-order valence-corrected chi connectivity index (χ2v) is 5.86. The monoisotopic (exact) mass is 248 g/mol. The van der Waals surface area contributed by atoms with Crippen LogP contribution in [0.25, 0.3) is 0 Å². The molecule has 2 rings (SSSR count). The molecule has 4 heteroatoms. The molecule has 0 aromatic carbocycles. The Bertz CT molecular complexity index is 366. The number of rotatable bonds is 5. The second kappa shape index (κ2) is 5.65. The molecule has 0 atom stereocenters. The fourth-order valence-corrected chi connectivity index (χ4v) is 2.68. The summed E-state index contributed by atoms with van der Waals surface area (Å²) in [5.74, 6) is 1.49. The highest BCUT2D eigenvalue weighted by molar-refractivity contribution is 5.36. The third kappa shape index (κ3) is 3.42. The Labute approximate surface area is 110 Å². The first kappa shape index (κ1) is 13.3. The van der Waals surface area contributed by atoms with Crippen LogP contribution < -0.4 is 10.6 Å². The van der Waals surface area contributed by atoms with Crippen molar-refractivity contribution in [1.82, 2.24) is 15.5 Å². The lowest BCUT2D eigenvalue weighted by Crippen LogP contribution is -2.41. The van der Waals surface area contributed by atoms with Crippen LogP contribution in [0.3, 0.4) is 0 Å². The molecule has 2 N–H and O–H groups in total. The van der Waals surface area contributed by atoms with Crippen LogP contribution in [0.5, 0.6) is 0 Å². The molecule has 0 saturated heterocycles. The van der Waals surface area contributed by atoms with Crippen LogP contribution in [-0.2, 0) is 0 Å². The van der Waals surface area contributed by atoms with E-state index in [4.69, 9.17) is 0 Å². The number of aromatic nitrogens is 2. The van der Waals surface area contributed by atoms with Crippen LogP contribution in [0, 0.1) is 0 Å². The number of anilines is 1. The predicted molar refractivity (Wildman–Crippen MR) is 74.9 cm³/mol. The molecule has 1 aliphatic rings. The van der Waals surface area contributed by atoms with Crippen molar-refractivity contribution < 1.29 is 0 Å². The third-order valence-electron chi connectivity index (χ3n) is 3.54. The molecule has 0 radical (unpaired) electrons. The molecule has 0 unspecified atom stereocenters. The molecule has 1 fully saturated rings. The van der Waals surface area contributed by atoms with Gasteiger partial charge in [-0.25, -0.2) is 0 Å². The lowest BCUT2D eigenvalue weighted by Gasteiger charge is -2.26. The van der Waals surface area contributed by atoms with E-state index in [-0.39, 0.29) is 5.54 Å². The summed E-state index contributed by atoms with van der Waals surface area (Å²) < 4.78 is 0. The van der Waals surface area contributed by atoms with Crippen molar-refractivity contribution in [3.05, 3.63) is 17.8 Å². The Morgan fingerprint density at radius 2 is 1.94 bits per heavy atom. The maximum absolute atomic E-state index is 4.37.